The highest BCUT2D eigenvalue weighted by molar-refractivity contribution is 5.92. The van der Waals surface area contributed by atoms with Crippen LogP contribution in [0.5, 0.6) is 0 Å². The fourth-order valence-electron chi connectivity index (χ4n) is 1.93. The van der Waals surface area contributed by atoms with Gasteiger partial charge in [-0.2, -0.15) is 0 Å². The van der Waals surface area contributed by atoms with E-state index in [-0.39, 0.29) is 24.5 Å². The van der Waals surface area contributed by atoms with E-state index < -0.39 is 11.6 Å². The number of aliphatic hydroxyl groups excluding tert-OH is 1. The van der Waals surface area contributed by atoms with Gasteiger partial charge in [-0.3, -0.25) is 4.79 Å². The van der Waals surface area contributed by atoms with Gasteiger partial charge in [-0.1, -0.05) is 18.2 Å². The highest BCUT2D eigenvalue weighted by atomic mass is 19.1. The third-order valence-electron chi connectivity index (χ3n) is 3.00. The first-order valence-electron chi connectivity index (χ1n) is 6.52. The topological polar surface area (TPSA) is 49.3 Å². The fourth-order valence-corrected chi connectivity index (χ4v) is 1.93. The largest absolute Gasteiger partial charge is 0.396 e. The number of aliphatic hydroxyl groups is 1. The molecule has 110 valence electrons. The molecular formula is C16H15F2NO2. The Morgan fingerprint density at radius 1 is 1.10 bits per heavy atom. The van der Waals surface area contributed by atoms with Crippen molar-refractivity contribution < 1.29 is 18.7 Å². The highest BCUT2D eigenvalue weighted by Crippen LogP contribution is 2.13. The van der Waals surface area contributed by atoms with E-state index in [1.807, 2.05) is 0 Å². The summed E-state index contributed by atoms with van der Waals surface area (Å²) in [5.74, 6) is -1.78. The van der Waals surface area contributed by atoms with Gasteiger partial charge in [0.15, 0.2) is 0 Å². The Morgan fingerprint density at radius 3 is 2.43 bits per heavy atom. The Labute approximate surface area is 121 Å². The lowest BCUT2D eigenvalue weighted by atomic mass is 10.1. The van der Waals surface area contributed by atoms with Crippen LogP contribution in [-0.4, -0.2) is 17.6 Å². The van der Waals surface area contributed by atoms with Crippen molar-refractivity contribution in [2.75, 3.05) is 11.9 Å². The van der Waals surface area contributed by atoms with E-state index >= 15 is 0 Å². The SMILES string of the molecule is O=C(Cc1ccc(F)cc1F)Nc1ccc(CCO)cc1. The van der Waals surface area contributed by atoms with Gasteiger partial charge < -0.3 is 10.4 Å². The lowest BCUT2D eigenvalue weighted by Gasteiger charge is -2.07. The van der Waals surface area contributed by atoms with Crippen molar-refractivity contribution in [3.05, 3.63) is 65.2 Å². The van der Waals surface area contributed by atoms with Crippen molar-refractivity contribution in [3.8, 4) is 0 Å². The Morgan fingerprint density at radius 2 is 1.81 bits per heavy atom. The van der Waals surface area contributed by atoms with E-state index in [2.05, 4.69) is 5.32 Å². The zero-order valence-electron chi connectivity index (χ0n) is 11.3. The number of benzene rings is 2. The Kier molecular flexibility index (Phi) is 5.00. The molecule has 21 heavy (non-hydrogen) atoms. The molecule has 0 aromatic heterocycles. The average molecular weight is 291 g/mol. The maximum atomic E-state index is 13.4. The van der Waals surface area contributed by atoms with E-state index in [0.717, 1.165) is 17.7 Å². The summed E-state index contributed by atoms with van der Waals surface area (Å²) in [5.41, 5.74) is 1.69. The third kappa shape index (κ3) is 4.36. The number of hydrogen-bond acceptors (Lipinski definition) is 2. The van der Waals surface area contributed by atoms with Crippen LogP contribution in [0.2, 0.25) is 0 Å². The van der Waals surface area contributed by atoms with Crippen LogP contribution < -0.4 is 5.32 Å². The van der Waals surface area contributed by atoms with Crippen LogP contribution in [0.4, 0.5) is 14.5 Å². The number of anilines is 1. The molecule has 0 aliphatic rings. The van der Waals surface area contributed by atoms with Crippen LogP contribution in [0.3, 0.4) is 0 Å². The molecule has 0 bridgehead atoms. The van der Waals surface area contributed by atoms with Crippen molar-refractivity contribution in [2.24, 2.45) is 0 Å². The first-order valence-corrected chi connectivity index (χ1v) is 6.52. The third-order valence-corrected chi connectivity index (χ3v) is 3.00. The molecule has 0 heterocycles. The lowest BCUT2D eigenvalue weighted by Crippen LogP contribution is -2.15. The number of amides is 1. The smallest absolute Gasteiger partial charge is 0.228 e. The normalized spacial score (nSPS) is 10.4. The molecular weight excluding hydrogens is 276 g/mol. The van der Waals surface area contributed by atoms with E-state index in [0.29, 0.717) is 12.1 Å². The molecule has 3 nitrogen and oxygen atoms in total. The second-order valence-electron chi connectivity index (χ2n) is 4.63. The Hall–Kier alpha value is -2.27. The minimum atomic E-state index is -0.733. The molecule has 2 aromatic carbocycles. The number of halogens is 2. The predicted octanol–water partition coefficient (Wildman–Crippen LogP) is 2.68. The van der Waals surface area contributed by atoms with E-state index in [1.54, 1.807) is 24.3 Å². The number of rotatable bonds is 5. The molecule has 0 saturated carbocycles. The van der Waals surface area contributed by atoms with E-state index in [1.165, 1.54) is 6.07 Å². The minimum Gasteiger partial charge on any atom is -0.396 e. The molecule has 0 radical (unpaired) electrons. The molecule has 2 aromatic rings. The van der Waals surface area contributed by atoms with Crippen molar-refractivity contribution in [1.82, 2.24) is 0 Å². The zero-order valence-corrected chi connectivity index (χ0v) is 11.3. The summed E-state index contributed by atoms with van der Waals surface area (Å²) in [6.45, 7) is 0.0650. The summed E-state index contributed by atoms with van der Waals surface area (Å²) in [5, 5.41) is 11.5. The first-order chi connectivity index (χ1) is 10.1. The predicted molar refractivity (Wildman–Crippen MR) is 75.9 cm³/mol. The molecule has 0 aliphatic heterocycles. The van der Waals surface area contributed by atoms with Gasteiger partial charge in [0.1, 0.15) is 11.6 Å². The molecule has 1 amide bonds. The molecule has 0 fully saturated rings. The maximum Gasteiger partial charge on any atom is 0.228 e. The van der Waals surface area contributed by atoms with E-state index in [9.17, 15) is 13.6 Å². The molecule has 0 atom stereocenters. The molecule has 0 saturated heterocycles. The quantitative estimate of drug-likeness (QED) is 0.890. The summed E-state index contributed by atoms with van der Waals surface area (Å²) >= 11 is 0. The second kappa shape index (κ2) is 6.95. The van der Waals surface area contributed by atoms with Crippen molar-refractivity contribution in [3.63, 3.8) is 0 Å². The van der Waals surface area contributed by atoms with Gasteiger partial charge in [0.05, 0.1) is 6.42 Å². The molecule has 5 heteroatoms. The molecule has 0 spiro atoms. The first kappa shape index (κ1) is 15.1. The average Bonchev–Trinajstić information content (AvgIpc) is 2.44. The van der Waals surface area contributed by atoms with Crippen LogP contribution in [0.25, 0.3) is 0 Å². The van der Waals surface area contributed by atoms with Gasteiger partial charge in [-0.25, -0.2) is 8.78 Å². The van der Waals surface area contributed by atoms with Gasteiger partial charge in [0, 0.05) is 18.4 Å². The van der Waals surface area contributed by atoms with Crippen molar-refractivity contribution >= 4 is 11.6 Å². The van der Waals surface area contributed by atoms with Gasteiger partial charge in [0.25, 0.3) is 0 Å². The Balaban J connectivity index is 1.98. The summed E-state index contributed by atoms with van der Waals surface area (Å²) < 4.78 is 26.2. The van der Waals surface area contributed by atoms with Crippen molar-refractivity contribution in [1.29, 1.82) is 0 Å². The summed E-state index contributed by atoms with van der Waals surface area (Å²) in [6.07, 6.45) is 0.388. The van der Waals surface area contributed by atoms with Gasteiger partial charge in [-0.15, -0.1) is 0 Å². The standard InChI is InChI=1S/C16H15F2NO2/c17-13-4-3-12(15(18)10-13)9-16(21)19-14-5-1-11(2-6-14)7-8-20/h1-6,10,20H,7-9H2,(H,19,21). The van der Waals surface area contributed by atoms with Crippen LogP contribution in [0, 0.1) is 11.6 Å². The molecule has 2 rings (SSSR count). The van der Waals surface area contributed by atoms with Crippen molar-refractivity contribution in [2.45, 2.75) is 12.8 Å². The van der Waals surface area contributed by atoms with Crippen LogP contribution in [-0.2, 0) is 17.6 Å². The van der Waals surface area contributed by atoms with E-state index in [4.69, 9.17) is 5.11 Å². The van der Waals surface area contributed by atoms with Gasteiger partial charge in [-0.05, 0) is 35.7 Å². The number of carbonyl (C=O) groups excluding carboxylic acids is 1. The number of carbonyl (C=O) groups is 1. The number of nitrogens with one attached hydrogen (secondary N) is 1. The minimum absolute atomic E-state index is 0.0650. The summed E-state index contributed by atoms with van der Waals surface area (Å²) in [4.78, 5) is 11.8. The van der Waals surface area contributed by atoms with Gasteiger partial charge in [0.2, 0.25) is 5.91 Å². The summed E-state index contributed by atoms with van der Waals surface area (Å²) in [6, 6.07) is 10.2. The monoisotopic (exact) mass is 291 g/mol. The van der Waals surface area contributed by atoms with Crippen LogP contribution in [0.15, 0.2) is 42.5 Å². The van der Waals surface area contributed by atoms with Crippen LogP contribution >= 0.6 is 0 Å². The fraction of sp³-hybridized carbons (Fsp3) is 0.188. The van der Waals surface area contributed by atoms with Gasteiger partial charge >= 0.3 is 0 Å². The zero-order chi connectivity index (χ0) is 15.2. The number of hydrogen-bond donors (Lipinski definition) is 2. The highest BCUT2D eigenvalue weighted by Gasteiger charge is 2.09. The molecule has 0 unspecified atom stereocenters. The summed E-state index contributed by atoms with van der Waals surface area (Å²) in [7, 11) is 0. The molecule has 2 N–H and O–H groups in total. The van der Waals surface area contributed by atoms with Crippen LogP contribution in [0.1, 0.15) is 11.1 Å². The lowest BCUT2D eigenvalue weighted by molar-refractivity contribution is -0.115. The Bertz CT molecular complexity index is 627. The maximum absolute atomic E-state index is 13.4. The second-order valence-corrected chi connectivity index (χ2v) is 4.63. The molecule has 0 aliphatic carbocycles.